The van der Waals surface area contributed by atoms with Crippen LogP contribution in [0.2, 0.25) is 0 Å². The second kappa shape index (κ2) is 7.79. The fourth-order valence-corrected chi connectivity index (χ4v) is 2.58. The molecule has 7 heteroatoms. The summed E-state index contributed by atoms with van der Waals surface area (Å²) in [6, 6.07) is 15.3. The van der Waals surface area contributed by atoms with Crippen molar-refractivity contribution in [2.75, 3.05) is 20.6 Å². The molecule has 134 valence electrons. The maximum Gasteiger partial charge on any atom is 0.271 e. The zero-order chi connectivity index (χ0) is 18.5. The number of rotatable bonds is 6. The number of nitrogens with zero attached hydrogens (tertiary/aromatic N) is 3. The van der Waals surface area contributed by atoms with Gasteiger partial charge in [0.15, 0.2) is 0 Å². The van der Waals surface area contributed by atoms with Crippen molar-refractivity contribution in [3.8, 4) is 5.69 Å². The second-order valence-corrected chi connectivity index (χ2v) is 6.01. The Morgan fingerprint density at radius 3 is 2.58 bits per heavy atom. The van der Waals surface area contributed by atoms with Crippen LogP contribution in [0.25, 0.3) is 5.69 Å². The molecule has 2 heterocycles. The smallest absolute Gasteiger partial charge is 0.271 e. The van der Waals surface area contributed by atoms with Gasteiger partial charge < -0.3 is 9.73 Å². The Balaban J connectivity index is 1.77. The van der Waals surface area contributed by atoms with Gasteiger partial charge in [0, 0.05) is 12.6 Å². The van der Waals surface area contributed by atoms with Crippen molar-refractivity contribution in [2.24, 2.45) is 0 Å². The van der Waals surface area contributed by atoms with Crippen molar-refractivity contribution in [3.63, 3.8) is 0 Å². The largest absolute Gasteiger partial charge is 0.468 e. The summed E-state index contributed by atoms with van der Waals surface area (Å²) in [4.78, 5) is 26.5. The van der Waals surface area contributed by atoms with E-state index in [4.69, 9.17) is 4.42 Å². The minimum Gasteiger partial charge on any atom is -0.468 e. The lowest BCUT2D eigenvalue weighted by Gasteiger charge is -2.22. The minimum atomic E-state index is -0.354. The first-order valence-corrected chi connectivity index (χ1v) is 8.20. The number of hydrogen-bond acceptors (Lipinski definition) is 5. The van der Waals surface area contributed by atoms with Crippen LogP contribution < -0.4 is 10.9 Å². The summed E-state index contributed by atoms with van der Waals surface area (Å²) in [6.07, 6.45) is 1.60. The first-order chi connectivity index (χ1) is 12.6. The fraction of sp³-hybridized carbons (Fsp3) is 0.211. The summed E-state index contributed by atoms with van der Waals surface area (Å²) in [6.45, 7) is 0.353. The molecule has 0 bridgehead atoms. The summed E-state index contributed by atoms with van der Waals surface area (Å²) >= 11 is 0. The molecule has 2 aromatic heterocycles. The van der Waals surface area contributed by atoms with E-state index < -0.39 is 0 Å². The van der Waals surface area contributed by atoms with Crippen LogP contribution in [0.5, 0.6) is 0 Å². The zero-order valence-electron chi connectivity index (χ0n) is 14.6. The molecule has 0 saturated carbocycles. The lowest BCUT2D eigenvalue weighted by atomic mass is 10.2. The second-order valence-electron chi connectivity index (χ2n) is 6.01. The van der Waals surface area contributed by atoms with Crippen LogP contribution in [0, 0.1) is 0 Å². The molecule has 0 aliphatic heterocycles. The molecular formula is C19H20N4O3. The maximum absolute atomic E-state index is 12.5. The standard InChI is InChI=1S/C19H20N4O3/c1-22(2)16(17-9-6-12-26-17)13-20-19(25)15-10-11-18(24)23(21-15)14-7-4-3-5-8-14/h3-12,16H,13H2,1-2H3,(H,20,25). The number of aromatic nitrogens is 2. The third kappa shape index (κ3) is 3.89. The van der Waals surface area contributed by atoms with Gasteiger partial charge >= 0.3 is 0 Å². The summed E-state index contributed by atoms with van der Waals surface area (Å²) in [5, 5.41) is 7.03. The van der Waals surface area contributed by atoms with E-state index in [0.29, 0.717) is 12.2 Å². The van der Waals surface area contributed by atoms with Crippen molar-refractivity contribution in [1.29, 1.82) is 0 Å². The molecule has 1 unspecified atom stereocenters. The van der Waals surface area contributed by atoms with Crippen molar-refractivity contribution in [1.82, 2.24) is 20.0 Å². The molecule has 0 saturated heterocycles. The molecule has 26 heavy (non-hydrogen) atoms. The Morgan fingerprint density at radius 2 is 1.92 bits per heavy atom. The van der Waals surface area contributed by atoms with Gasteiger partial charge in [0.1, 0.15) is 11.5 Å². The average molecular weight is 352 g/mol. The summed E-state index contributed by atoms with van der Waals surface area (Å²) < 4.78 is 6.65. The topological polar surface area (TPSA) is 80.4 Å². The third-order valence-electron chi connectivity index (χ3n) is 3.98. The number of amides is 1. The first-order valence-electron chi connectivity index (χ1n) is 8.20. The van der Waals surface area contributed by atoms with E-state index >= 15 is 0 Å². The lowest BCUT2D eigenvalue weighted by Crippen LogP contribution is -2.35. The summed E-state index contributed by atoms with van der Waals surface area (Å²) in [7, 11) is 3.82. The normalized spacial score (nSPS) is 12.1. The molecule has 1 aromatic carbocycles. The number of carbonyl (C=O) groups is 1. The van der Waals surface area contributed by atoms with E-state index in [1.165, 1.54) is 16.8 Å². The Kier molecular flexibility index (Phi) is 5.28. The molecule has 7 nitrogen and oxygen atoms in total. The van der Waals surface area contributed by atoms with Crippen molar-refractivity contribution >= 4 is 5.91 Å². The van der Waals surface area contributed by atoms with Crippen LogP contribution in [0.3, 0.4) is 0 Å². The van der Waals surface area contributed by atoms with Crippen molar-refractivity contribution in [3.05, 3.63) is 82.7 Å². The molecule has 3 rings (SSSR count). The maximum atomic E-state index is 12.5. The molecular weight excluding hydrogens is 332 g/mol. The summed E-state index contributed by atoms with van der Waals surface area (Å²) in [5.74, 6) is 0.408. The number of hydrogen-bond donors (Lipinski definition) is 1. The lowest BCUT2D eigenvalue weighted by molar-refractivity contribution is 0.0932. The highest BCUT2D eigenvalue weighted by atomic mass is 16.3. The molecule has 1 N–H and O–H groups in total. The van der Waals surface area contributed by atoms with Gasteiger partial charge in [0.25, 0.3) is 11.5 Å². The van der Waals surface area contributed by atoms with E-state index in [9.17, 15) is 9.59 Å². The van der Waals surface area contributed by atoms with Gasteiger partial charge in [-0.2, -0.15) is 9.78 Å². The zero-order valence-corrected chi connectivity index (χ0v) is 14.6. The molecule has 3 aromatic rings. The van der Waals surface area contributed by atoms with Crippen LogP contribution in [-0.4, -0.2) is 41.2 Å². The van der Waals surface area contributed by atoms with Crippen LogP contribution in [0.1, 0.15) is 22.3 Å². The van der Waals surface area contributed by atoms with Crippen molar-refractivity contribution in [2.45, 2.75) is 6.04 Å². The quantitative estimate of drug-likeness (QED) is 0.732. The molecule has 1 atom stereocenters. The molecule has 0 spiro atoms. The van der Waals surface area contributed by atoms with Crippen LogP contribution in [0.4, 0.5) is 0 Å². The third-order valence-corrected chi connectivity index (χ3v) is 3.98. The van der Waals surface area contributed by atoms with E-state index in [0.717, 1.165) is 5.76 Å². The highest BCUT2D eigenvalue weighted by Gasteiger charge is 2.19. The van der Waals surface area contributed by atoms with Gasteiger partial charge in [-0.1, -0.05) is 18.2 Å². The monoisotopic (exact) mass is 352 g/mol. The fourth-order valence-electron chi connectivity index (χ4n) is 2.58. The SMILES string of the molecule is CN(C)C(CNC(=O)c1ccc(=O)n(-c2ccccc2)n1)c1ccco1. The highest BCUT2D eigenvalue weighted by molar-refractivity contribution is 5.92. The number of likely N-dealkylation sites (N-methyl/N-ethyl adjacent to an activating group) is 1. The Morgan fingerprint density at radius 1 is 1.15 bits per heavy atom. The first kappa shape index (κ1) is 17.6. The Hall–Kier alpha value is -3.19. The molecule has 0 radical (unpaired) electrons. The number of nitrogens with one attached hydrogen (secondary N) is 1. The predicted octanol–water partition coefficient (Wildman–Crippen LogP) is 1.86. The van der Waals surface area contributed by atoms with E-state index in [1.807, 2.05) is 37.2 Å². The number of para-hydroxylation sites is 1. The van der Waals surface area contributed by atoms with Gasteiger partial charge in [-0.15, -0.1) is 0 Å². The Labute approximate surface area is 150 Å². The van der Waals surface area contributed by atoms with Gasteiger partial charge in [-0.25, -0.2) is 0 Å². The van der Waals surface area contributed by atoms with Gasteiger partial charge in [0.05, 0.1) is 18.0 Å². The van der Waals surface area contributed by atoms with Gasteiger partial charge in [0.2, 0.25) is 0 Å². The van der Waals surface area contributed by atoms with Crippen LogP contribution in [-0.2, 0) is 0 Å². The highest BCUT2D eigenvalue weighted by Crippen LogP contribution is 2.17. The van der Waals surface area contributed by atoms with E-state index in [-0.39, 0.29) is 23.2 Å². The molecule has 0 aliphatic rings. The average Bonchev–Trinajstić information content (AvgIpc) is 3.17. The number of benzene rings is 1. The Bertz CT molecular complexity index is 917. The van der Waals surface area contributed by atoms with Crippen LogP contribution >= 0.6 is 0 Å². The van der Waals surface area contributed by atoms with Crippen molar-refractivity contribution < 1.29 is 9.21 Å². The number of carbonyl (C=O) groups excluding carboxylic acids is 1. The minimum absolute atomic E-state index is 0.103. The number of furan rings is 1. The molecule has 0 fully saturated rings. The van der Waals surface area contributed by atoms with Crippen LogP contribution in [0.15, 0.2) is 70.1 Å². The molecule has 0 aliphatic carbocycles. The predicted molar refractivity (Wildman–Crippen MR) is 97.3 cm³/mol. The summed E-state index contributed by atoms with van der Waals surface area (Å²) in [5.41, 5.74) is 0.480. The van der Waals surface area contributed by atoms with Gasteiger partial charge in [-0.05, 0) is 44.4 Å². The van der Waals surface area contributed by atoms with E-state index in [1.54, 1.807) is 30.5 Å². The molecule has 1 amide bonds. The van der Waals surface area contributed by atoms with Gasteiger partial charge in [-0.3, -0.25) is 14.5 Å². The van der Waals surface area contributed by atoms with E-state index in [2.05, 4.69) is 10.4 Å².